The zero-order chi connectivity index (χ0) is 14.3. The molecule has 0 radical (unpaired) electrons. The number of carbonyl (C=O) groups is 1. The summed E-state index contributed by atoms with van der Waals surface area (Å²) in [5.74, 6) is 0.141. The van der Waals surface area contributed by atoms with Crippen molar-refractivity contribution in [3.63, 3.8) is 0 Å². The topological polar surface area (TPSA) is 23.6 Å². The average molecular weight is 337 g/mol. The fraction of sp³-hybridized carbons (Fsp3) is 0.562. The molecule has 3 rings (SSSR count). The largest absolute Gasteiger partial charge is 0.365 e. The molecule has 0 N–H and O–H groups in total. The van der Waals surface area contributed by atoms with E-state index >= 15 is 0 Å². The molecule has 1 aromatic rings. The Kier molecular flexibility index (Phi) is 3.87. The van der Waals surface area contributed by atoms with Crippen LogP contribution < -0.4 is 4.90 Å². The first-order chi connectivity index (χ1) is 9.56. The molecule has 1 aromatic carbocycles. The first-order valence-electron chi connectivity index (χ1n) is 7.37. The van der Waals surface area contributed by atoms with Crippen LogP contribution in [0.2, 0.25) is 0 Å². The van der Waals surface area contributed by atoms with E-state index in [2.05, 4.69) is 38.7 Å². The highest BCUT2D eigenvalue weighted by Gasteiger charge is 2.35. The number of carbonyl (C=O) groups excluding carboxylic acids is 1. The third-order valence-electron chi connectivity index (χ3n) is 4.58. The lowest BCUT2D eigenvalue weighted by molar-refractivity contribution is 0.101. The Labute approximate surface area is 129 Å². The Morgan fingerprint density at radius 1 is 1.35 bits per heavy atom. The van der Waals surface area contributed by atoms with Gasteiger partial charge < -0.3 is 4.90 Å². The van der Waals surface area contributed by atoms with Gasteiger partial charge in [-0.1, -0.05) is 15.9 Å². The molecule has 2 aliphatic heterocycles. The molecular weight excluding hydrogens is 316 g/mol. The minimum atomic E-state index is 0.141. The molecule has 0 aliphatic carbocycles. The number of fused-ring (bicyclic) bond motifs is 1. The van der Waals surface area contributed by atoms with Crippen LogP contribution >= 0.6 is 15.9 Å². The van der Waals surface area contributed by atoms with Crippen molar-refractivity contribution in [3.05, 3.63) is 28.2 Å². The van der Waals surface area contributed by atoms with Crippen LogP contribution in [0.15, 0.2) is 22.7 Å². The molecule has 2 saturated heterocycles. The molecule has 108 valence electrons. The summed E-state index contributed by atoms with van der Waals surface area (Å²) in [5.41, 5.74) is 1.93. The molecular formula is C16H21BrN2O. The number of piperazine rings is 1. The zero-order valence-electron chi connectivity index (χ0n) is 12.1. The van der Waals surface area contributed by atoms with Gasteiger partial charge in [0.1, 0.15) is 0 Å². The highest BCUT2D eigenvalue weighted by molar-refractivity contribution is 9.10. The molecule has 0 aromatic heterocycles. The first kappa shape index (κ1) is 14.1. The molecule has 4 heteroatoms. The van der Waals surface area contributed by atoms with E-state index in [0.29, 0.717) is 12.1 Å². The summed E-state index contributed by atoms with van der Waals surface area (Å²) in [4.78, 5) is 17.0. The van der Waals surface area contributed by atoms with Gasteiger partial charge in [-0.3, -0.25) is 9.69 Å². The minimum absolute atomic E-state index is 0.141. The summed E-state index contributed by atoms with van der Waals surface area (Å²) < 4.78 is 0.971. The Bertz CT molecular complexity index is 531. The van der Waals surface area contributed by atoms with E-state index in [-0.39, 0.29) is 5.78 Å². The maximum absolute atomic E-state index is 11.9. The van der Waals surface area contributed by atoms with Crippen molar-refractivity contribution in [2.45, 2.75) is 38.8 Å². The number of nitrogens with zero attached hydrogens (tertiary/aromatic N) is 2. The zero-order valence-corrected chi connectivity index (χ0v) is 13.7. The smallest absolute Gasteiger partial charge is 0.161 e. The van der Waals surface area contributed by atoms with Gasteiger partial charge in [-0.25, -0.2) is 0 Å². The lowest BCUT2D eigenvalue weighted by Crippen LogP contribution is -2.55. The molecule has 0 amide bonds. The van der Waals surface area contributed by atoms with Crippen LogP contribution in [-0.2, 0) is 0 Å². The van der Waals surface area contributed by atoms with Crippen LogP contribution in [-0.4, -0.2) is 42.4 Å². The minimum Gasteiger partial charge on any atom is -0.365 e. The van der Waals surface area contributed by atoms with Crippen LogP contribution in [0.25, 0.3) is 0 Å². The van der Waals surface area contributed by atoms with Gasteiger partial charge >= 0.3 is 0 Å². The SMILES string of the molecule is CC(=O)c1cc(Br)ccc1N1CC2CCCN2CC1C. The molecule has 0 spiro atoms. The fourth-order valence-electron chi connectivity index (χ4n) is 3.56. The highest BCUT2D eigenvalue weighted by Crippen LogP contribution is 2.32. The van der Waals surface area contributed by atoms with Gasteiger partial charge in [-0.2, -0.15) is 0 Å². The normalized spacial score (nSPS) is 26.6. The number of benzene rings is 1. The van der Waals surface area contributed by atoms with Crippen molar-refractivity contribution in [2.75, 3.05) is 24.5 Å². The van der Waals surface area contributed by atoms with Gasteiger partial charge in [0.25, 0.3) is 0 Å². The summed E-state index contributed by atoms with van der Waals surface area (Å²) in [7, 11) is 0. The van der Waals surface area contributed by atoms with Gasteiger partial charge in [0.2, 0.25) is 0 Å². The maximum atomic E-state index is 11.9. The van der Waals surface area contributed by atoms with E-state index in [1.54, 1.807) is 6.92 Å². The number of Topliss-reactive ketones (excluding diaryl/α,β-unsaturated/α-hetero) is 1. The second-order valence-electron chi connectivity index (χ2n) is 6.01. The molecule has 3 nitrogen and oxygen atoms in total. The third kappa shape index (κ3) is 2.51. The molecule has 2 heterocycles. The Balaban J connectivity index is 1.93. The van der Waals surface area contributed by atoms with Gasteiger partial charge in [0, 0.05) is 40.9 Å². The highest BCUT2D eigenvalue weighted by atomic mass is 79.9. The lowest BCUT2D eigenvalue weighted by Gasteiger charge is -2.44. The van der Waals surface area contributed by atoms with E-state index in [4.69, 9.17) is 0 Å². The molecule has 0 saturated carbocycles. The predicted molar refractivity (Wildman–Crippen MR) is 85.5 cm³/mol. The van der Waals surface area contributed by atoms with Crippen LogP contribution in [0.1, 0.15) is 37.0 Å². The van der Waals surface area contributed by atoms with E-state index in [9.17, 15) is 4.79 Å². The number of ketones is 1. The second-order valence-corrected chi connectivity index (χ2v) is 6.93. The first-order valence-corrected chi connectivity index (χ1v) is 8.16. The van der Waals surface area contributed by atoms with Crippen molar-refractivity contribution in [2.24, 2.45) is 0 Å². The van der Waals surface area contributed by atoms with Gasteiger partial charge in [0.15, 0.2) is 5.78 Å². The number of hydrogen-bond donors (Lipinski definition) is 0. The average Bonchev–Trinajstić information content (AvgIpc) is 2.85. The number of anilines is 1. The van der Waals surface area contributed by atoms with Crippen molar-refractivity contribution >= 4 is 27.4 Å². The van der Waals surface area contributed by atoms with Crippen molar-refractivity contribution < 1.29 is 4.79 Å². The van der Waals surface area contributed by atoms with Crippen LogP contribution in [0, 0.1) is 0 Å². The number of rotatable bonds is 2. The quantitative estimate of drug-likeness (QED) is 0.774. The summed E-state index contributed by atoms with van der Waals surface area (Å²) >= 11 is 3.47. The van der Waals surface area contributed by atoms with Crippen molar-refractivity contribution in [3.8, 4) is 0 Å². The van der Waals surface area contributed by atoms with Crippen LogP contribution in [0.5, 0.6) is 0 Å². The Hall–Kier alpha value is -0.870. The predicted octanol–water partition coefficient (Wildman–Crippen LogP) is 3.32. The van der Waals surface area contributed by atoms with Gasteiger partial charge in [0.05, 0.1) is 0 Å². The number of hydrogen-bond acceptors (Lipinski definition) is 3. The van der Waals surface area contributed by atoms with Crippen molar-refractivity contribution in [1.29, 1.82) is 0 Å². The fourth-order valence-corrected chi connectivity index (χ4v) is 3.92. The van der Waals surface area contributed by atoms with E-state index in [1.807, 2.05) is 12.1 Å². The van der Waals surface area contributed by atoms with Crippen LogP contribution in [0.4, 0.5) is 5.69 Å². The number of halogens is 1. The molecule has 2 unspecified atom stereocenters. The summed E-state index contributed by atoms with van der Waals surface area (Å²) in [5, 5.41) is 0. The lowest BCUT2D eigenvalue weighted by atomic mass is 10.0. The molecule has 0 bridgehead atoms. The standard InChI is InChI=1S/C16H21BrN2O/c1-11-9-18-7-3-4-14(18)10-19(11)16-6-5-13(17)8-15(16)12(2)20/h5-6,8,11,14H,3-4,7,9-10H2,1-2H3. The maximum Gasteiger partial charge on any atom is 0.161 e. The molecule has 2 atom stereocenters. The van der Waals surface area contributed by atoms with Crippen LogP contribution in [0.3, 0.4) is 0 Å². The van der Waals surface area contributed by atoms with Gasteiger partial charge in [-0.05, 0) is 51.4 Å². The Morgan fingerprint density at radius 2 is 2.15 bits per heavy atom. The Morgan fingerprint density at radius 3 is 2.90 bits per heavy atom. The second kappa shape index (κ2) is 5.49. The molecule has 20 heavy (non-hydrogen) atoms. The summed E-state index contributed by atoms with van der Waals surface area (Å²) in [6, 6.07) is 7.20. The van der Waals surface area contributed by atoms with Crippen molar-refractivity contribution in [1.82, 2.24) is 4.90 Å². The van der Waals surface area contributed by atoms with E-state index < -0.39 is 0 Å². The van der Waals surface area contributed by atoms with E-state index in [1.165, 1.54) is 19.4 Å². The summed E-state index contributed by atoms with van der Waals surface area (Å²) in [6.07, 6.45) is 2.60. The molecule has 2 fully saturated rings. The monoisotopic (exact) mass is 336 g/mol. The molecule has 2 aliphatic rings. The van der Waals surface area contributed by atoms with E-state index in [0.717, 1.165) is 28.8 Å². The third-order valence-corrected chi connectivity index (χ3v) is 5.08. The van der Waals surface area contributed by atoms with Gasteiger partial charge in [-0.15, -0.1) is 0 Å². The summed E-state index contributed by atoms with van der Waals surface area (Å²) in [6.45, 7) is 7.31.